The number of carbonyl (C=O) groups is 1. The van der Waals surface area contributed by atoms with Crippen LogP contribution < -0.4 is 5.32 Å². The summed E-state index contributed by atoms with van der Waals surface area (Å²) in [6.45, 7) is 2.66. The zero-order valence-corrected chi connectivity index (χ0v) is 10.8. The van der Waals surface area contributed by atoms with Crippen molar-refractivity contribution in [1.29, 1.82) is 0 Å². The summed E-state index contributed by atoms with van der Waals surface area (Å²) in [4.78, 5) is 14.9. The fourth-order valence-electron chi connectivity index (χ4n) is 1.71. The van der Waals surface area contributed by atoms with Gasteiger partial charge in [-0.1, -0.05) is 18.2 Å². The maximum absolute atomic E-state index is 10.6. The SMILES string of the molecule is Cc1ccc(CNc2ccc(CC(=O)O)cc2)nc1. The van der Waals surface area contributed by atoms with Crippen molar-refractivity contribution in [2.24, 2.45) is 0 Å². The number of benzene rings is 1. The first-order valence-corrected chi connectivity index (χ1v) is 6.09. The molecule has 0 amide bonds. The van der Waals surface area contributed by atoms with E-state index in [9.17, 15) is 4.79 Å². The Hall–Kier alpha value is -2.36. The molecule has 0 aliphatic heterocycles. The normalized spacial score (nSPS) is 10.2. The summed E-state index contributed by atoms with van der Waals surface area (Å²) >= 11 is 0. The van der Waals surface area contributed by atoms with Crippen molar-refractivity contribution in [3.8, 4) is 0 Å². The van der Waals surface area contributed by atoms with E-state index >= 15 is 0 Å². The smallest absolute Gasteiger partial charge is 0.307 e. The maximum Gasteiger partial charge on any atom is 0.307 e. The lowest BCUT2D eigenvalue weighted by atomic mass is 10.1. The Morgan fingerprint density at radius 1 is 1.21 bits per heavy atom. The number of pyridine rings is 1. The van der Waals surface area contributed by atoms with Crippen molar-refractivity contribution in [1.82, 2.24) is 4.98 Å². The van der Waals surface area contributed by atoms with Crippen LogP contribution in [0.2, 0.25) is 0 Å². The molecule has 0 aliphatic carbocycles. The zero-order valence-electron chi connectivity index (χ0n) is 10.8. The molecule has 19 heavy (non-hydrogen) atoms. The summed E-state index contributed by atoms with van der Waals surface area (Å²) in [7, 11) is 0. The van der Waals surface area contributed by atoms with Crippen LogP contribution in [0.5, 0.6) is 0 Å². The molecule has 2 rings (SSSR count). The van der Waals surface area contributed by atoms with Crippen molar-refractivity contribution >= 4 is 11.7 Å². The lowest BCUT2D eigenvalue weighted by Gasteiger charge is -2.07. The Morgan fingerprint density at radius 3 is 2.53 bits per heavy atom. The Kier molecular flexibility index (Phi) is 4.13. The van der Waals surface area contributed by atoms with Gasteiger partial charge >= 0.3 is 5.97 Å². The third-order valence-electron chi connectivity index (χ3n) is 2.76. The Labute approximate surface area is 112 Å². The predicted molar refractivity (Wildman–Crippen MR) is 74.1 cm³/mol. The van der Waals surface area contributed by atoms with E-state index in [0.717, 1.165) is 22.5 Å². The second-order valence-corrected chi connectivity index (χ2v) is 4.45. The molecular formula is C15H16N2O2. The third kappa shape index (κ3) is 4.10. The highest BCUT2D eigenvalue weighted by atomic mass is 16.4. The van der Waals surface area contributed by atoms with Crippen LogP contribution in [0.25, 0.3) is 0 Å². The minimum Gasteiger partial charge on any atom is -0.481 e. The molecule has 0 bridgehead atoms. The number of hydrogen-bond acceptors (Lipinski definition) is 3. The standard InChI is InChI=1S/C15H16N2O2/c1-11-2-5-14(16-9-11)10-17-13-6-3-12(4-7-13)8-15(18)19/h2-7,9,17H,8,10H2,1H3,(H,18,19). The van der Waals surface area contributed by atoms with Gasteiger partial charge in [-0.3, -0.25) is 9.78 Å². The lowest BCUT2D eigenvalue weighted by molar-refractivity contribution is -0.136. The molecule has 2 aromatic rings. The molecule has 0 fully saturated rings. The molecular weight excluding hydrogens is 240 g/mol. The first kappa shape index (κ1) is 13.1. The largest absolute Gasteiger partial charge is 0.481 e. The second-order valence-electron chi connectivity index (χ2n) is 4.45. The van der Waals surface area contributed by atoms with E-state index in [1.54, 1.807) is 0 Å². The molecule has 4 nitrogen and oxygen atoms in total. The highest BCUT2D eigenvalue weighted by molar-refractivity contribution is 5.70. The van der Waals surface area contributed by atoms with E-state index in [4.69, 9.17) is 5.11 Å². The molecule has 0 saturated heterocycles. The minimum absolute atomic E-state index is 0.0554. The molecule has 0 atom stereocenters. The van der Waals surface area contributed by atoms with Crippen LogP contribution in [0.15, 0.2) is 42.6 Å². The van der Waals surface area contributed by atoms with Crippen molar-refractivity contribution in [3.05, 3.63) is 59.4 Å². The summed E-state index contributed by atoms with van der Waals surface area (Å²) in [5, 5.41) is 11.9. The summed E-state index contributed by atoms with van der Waals surface area (Å²) in [6, 6.07) is 11.4. The van der Waals surface area contributed by atoms with Gasteiger partial charge in [-0.15, -0.1) is 0 Å². The molecule has 0 saturated carbocycles. The number of hydrogen-bond donors (Lipinski definition) is 2. The number of nitrogens with zero attached hydrogens (tertiary/aromatic N) is 1. The molecule has 2 N–H and O–H groups in total. The van der Waals surface area contributed by atoms with E-state index in [0.29, 0.717) is 6.54 Å². The van der Waals surface area contributed by atoms with Crippen LogP contribution in [-0.4, -0.2) is 16.1 Å². The Morgan fingerprint density at radius 2 is 1.95 bits per heavy atom. The number of carboxylic acid groups (broad SMARTS) is 1. The highest BCUT2D eigenvalue weighted by Crippen LogP contribution is 2.11. The van der Waals surface area contributed by atoms with Crippen molar-refractivity contribution in [2.45, 2.75) is 19.9 Å². The lowest BCUT2D eigenvalue weighted by Crippen LogP contribution is -2.03. The topological polar surface area (TPSA) is 62.2 Å². The van der Waals surface area contributed by atoms with Crippen LogP contribution in [0, 0.1) is 6.92 Å². The number of rotatable bonds is 5. The first-order chi connectivity index (χ1) is 9.13. The van der Waals surface area contributed by atoms with Gasteiger partial charge in [0.05, 0.1) is 18.7 Å². The van der Waals surface area contributed by atoms with Crippen LogP contribution in [0.1, 0.15) is 16.8 Å². The van der Waals surface area contributed by atoms with Gasteiger partial charge < -0.3 is 10.4 Å². The summed E-state index contributed by atoms with van der Waals surface area (Å²) in [6.07, 6.45) is 1.90. The van der Waals surface area contributed by atoms with Crippen molar-refractivity contribution < 1.29 is 9.90 Å². The van der Waals surface area contributed by atoms with Crippen LogP contribution in [0.3, 0.4) is 0 Å². The van der Waals surface area contributed by atoms with Gasteiger partial charge in [0.1, 0.15) is 0 Å². The molecule has 0 unspecified atom stereocenters. The van der Waals surface area contributed by atoms with Gasteiger partial charge in [0.25, 0.3) is 0 Å². The van der Waals surface area contributed by atoms with Gasteiger partial charge in [0.2, 0.25) is 0 Å². The Balaban J connectivity index is 1.92. The van der Waals surface area contributed by atoms with Crippen molar-refractivity contribution in [3.63, 3.8) is 0 Å². The maximum atomic E-state index is 10.6. The Bertz CT molecular complexity index is 547. The van der Waals surface area contributed by atoms with Gasteiger partial charge in [-0.2, -0.15) is 0 Å². The van der Waals surface area contributed by atoms with Gasteiger partial charge in [-0.25, -0.2) is 0 Å². The molecule has 1 aromatic heterocycles. The fraction of sp³-hybridized carbons (Fsp3) is 0.200. The number of aromatic nitrogens is 1. The van der Waals surface area contributed by atoms with Crippen LogP contribution in [-0.2, 0) is 17.8 Å². The number of aliphatic carboxylic acids is 1. The number of aryl methyl sites for hydroxylation is 1. The molecule has 0 spiro atoms. The van der Waals surface area contributed by atoms with E-state index in [-0.39, 0.29) is 6.42 Å². The third-order valence-corrected chi connectivity index (χ3v) is 2.76. The molecule has 0 aliphatic rings. The van der Waals surface area contributed by atoms with Crippen LogP contribution >= 0.6 is 0 Å². The summed E-state index contributed by atoms with van der Waals surface area (Å²) in [5.41, 5.74) is 3.87. The molecule has 1 heterocycles. The number of nitrogens with one attached hydrogen (secondary N) is 1. The van der Waals surface area contributed by atoms with Crippen molar-refractivity contribution in [2.75, 3.05) is 5.32 Å². The van der Waals surface area contributed by atoms with E-state index in [2.05, 4.69) is 10.3 Å². The summed E-state index contributed by atoms with van der Waals surface area (Å²) in [5.74, 6) is -0.815. The second kappa shape index (κ2) is 6.00. The van der Waals surface area contributed by atoms with Gasteiger partial charge in [0.15, 0.2) is 0 Å². The van der Waals surface area contributed by atoms with Gasteiger partial charge in [-0.05, 0) is 36.2 Å². The van der Waals surface area contributed by atoms with E-state index < -0.39 is 5.97 Å². The number of carboxylic acids is 1. The zero-order chi connectivity index (χ0) is 13.7. The monoisotopic (exact) mass is 256 g/mol. The minimum atomic E-state index is -0.815. The molecule has 4 heteroatoms. The number of anilines is 1. The summed E-state index contributed by atoms with van der Waals surface area (Å²) < 4.78 is 0. The molecule has 98 valence electrons. The van der Waals surface area contributed by atoms with Crippen LogP contribution in [0.4, 0.5) is 5.69 Å². The molecule has 0 radical (unpaired) electrons. The van der Waals surface area contributed by atoms with E-state index in [1.165, 1.54) is 0 Å². The average Bonchev–Trinajstić information content (AvgIpc) is 2.39. The highest BCUT2D eigenvalue weighted by Gasteiger charge is 2.00. The average molecular weight is 256 g/mol. The van der Waals surface area contributed by atoms with E-state index in [1.807, 2.05) is 49.5 Å². The molecule has 1 aromatic carbocycles. The van der Waals surface area contributed by atoms with Gasteiger partial charge in [0, 0.05) is 11.9 Å². The predicted octanol–water partition coefficient (Wildman–Crippen LogP) is 2.63. The first-order valence-electron chi connectivity index (χ1n) is 6.09. The fourth-order valence-corrected chi connectivity index (χ4v) is 1.71. The quantitative estimate of drug-likeness (QED) is 0.863.